The fourth-order valence-corrected chi connectivity index (χ4v) is 6.01. The van der Waals surface area contributed by atoms with Gasteiger partial charge in [0.2, 0.25) is 10.0 Å². The van der Waals surface area contributed by atoms with Gasteiger partial charge in [0.25, 0.3) is 0 Å². The maximum atomic E-state index is 11.9. The zero-order valence-electron chi connectivity index (χ0n) is 9.49. The Morgan fingerprint density at radius 1 is 1.47 bits per heavy atom. The van der Waals surface area contributed by atoms with E-state index in [1.165, 1.54) is 6.07 Å². The molecule has 0 saturated heterocycles. The summed E-state index contributed by atoms with van der Waals surface area (Å²) >= 11 is 0.587. The van der Waals surface area contributed by atoms with Gasteiger partial charge in [0.15, 0.2) is 9.84 Å². The summed E-state index contributed by atoms with van der Waals surface area (Å²) in [5.41, 5.74) is 5.22. The second kappa shape index (κ2) is 4.44. The molecule has 8 nitrogen and oxygen atoms in total. The van der Waals surface area contributed by atoms with Gasteiger partial charge in [-0.05, 0) is 12.5 Å². The SMILES string of the molecule is NC(=O)NC1CCS(=O)(=O)c2sc(S(N)(=O)=O)cc21. The van der Waals surface area contributed by atoms with Crippen molar-refractivity contribution in [3.05, 3.63) is 11.6 Å². The monoisotopic (exact) mass is 325 g/mol. The lowest BCUT2D eigenvalue weighted by Gasteiger charge is -2.22. The molecule has 1 unspecified atom stereocenters. The van der Waals surface area contributed by atoms with Gasteiger partial charge in [-0.3, -0.25) is 0 Å². The van der Waals surface area contributed by atoms with E-state index in [1.807, 2.05) is 0 Å². The van der Waals surface area contributed by atoms with Crippen LogP contribution in [0.3, 0.4) is 0 Å². The van der Waals surface area contributed by atoms with E-state index in [1.54, 1.807) is 0 Å². The number of carbonyl (C=O) groups is 1. The topological polar surface area (TPSA) is 149 Å². The summed E-state index contributed by atoms with van der Waals surface area (Å²) in [7, 11) is -7.53. The van der Waals surface area contributed by atoms with Gasteiger partial charge in [0.05, 0.1) is 11.8 Å². The lowest BCUT2D eigenvalue weighted by molar-refractivity contribution is 0.244. The Balaban J connectivity index is 2.59. The first-order valence-corrected chi connectivity index (χ1v) is 9.08. The highest BCUT2D eigenvalue weighted by Crippen LogP contribution is 2.39. The quantitative estimate of drug-likeness (QED) is 0.656. The van der Waals surface area contributed by atoms with Gasteiger partial charge in [-0.25, -0.2) is 26.8 Å². The van der Waals surface area contributed by atoms with Crippen molar-refractivity contribution < 1.29 is 21.6 Å². The number of hydrogen-bond acceptors (Lipinski definition) is 6. The van der Waals surface area contributed by atoms with Gasteiger partial charge in [0.1, 0.15) is 8.42 Å². The minimum atomic E-state index is -3.99. The molecule has 0 aliphatic carbocycles. The number of sulfonamides is 1. The van der Waals surface area contributed by atoms with Crippen LogP contribution < -0.4 is 16.2 Å². The summed E-state index contributed by atoms with van der Waals surface area (Å²) in [4.78, 5) is 10.9. The molecule has 0 aromatic carbocycles. The first-order valence-electron chi connectivity index (χ1n) is 5.06. The number of carbonyl (C=O) groups excluding carboxylic acids is 1. The molecular formula is C8H11N3O5S3. The van der Waals surface area contributed by atoms with E-state index in [4.69, 9.17) is 10.9 Å². The Morgan fingerprint density at radius 2 is 2.11 bits per heavy atom. The van der Waals surface area contributed by atoms with E-state index in [2.05, 4.69) is 5.32 Å². The molecule has 1 aromatic heterocycles. The third-order valence-corrected chi connectivity index (χ3v) is 7.58. The highest BCUT2D eigenvalue weighted by Gasteiger charge is 2.35. The Kier molecular flexibility index (Phi) is 3.33. The average Bonchev–Trinajstić information content (AvgIpc) is 2.67. The van der Waals surface area contributed by atoms with Gasteiger partial charge in [-0.15, -0.1) is 11.3 Å². The Labute approximate surface area is 113 Å². The zero-order valence-corrected chi connectivity index (χ0v) is 11.9. The smallest absolute Gasteiger partial charge is 0.312 e. The summed E-state index contributed by atoms with van der Waals surface area (Å²) in [6, 6.07) is -0.256. The highest BCUT2D eigenvalue weighted by atomic mass is 32.3. The lowest BCUT2D eigenvalue weighted by Crippen LogP contribution is -2.36. The number of primary sulfonamides is 1. The lowest BCUT2D eigenvalue weighted by atomic mass is 10.1. The summed E-state index contributed by atoms with van der Waals surface area (Å²) in [6.07, 6.45) is 0.138. The number of primary amides is 1. The number of fused-ring (bicyclic) bond motifs is 1. The number of nitrogens with two attached hydrogens (primary N) is 2. The van der Waals surface area contributed by atoms with Gasteiger partial charge in [0, 0.05) is 5.56 Å². The molecule has 0 saturated carbocycles. The number of thiophene rings is 1. The third-order valence-electron chi connectivity index (χ3n) is 2.63. The molecule has 2 heterocycles. The predicted octanol–water partition coefficient (Wildman–Crippen LogP) is -0.718. The van der Waals surface area contributed by atoms with Crippen molar-refractivity contribution in [2.24, 2.45) is 10.9 Å². The van der Waals surface area contributed by atoms with Crippen LogP contribution in [0.4, 0.5) is 4.79 Å². The molecule has 0 fully saturated rings. The molecule has 1 atom stereocenters. The number of hydrogen-bond donors (Lipinski definition) is 3. The molecule has 0 radical (unpaired) electrons. The summed E-state index contributed by atoms with van der Waals surface area (Å²) in [5.74, 6) is -0.185. The minimum Gasteiger partial charge on any atom is -0.352 e. The molecule has 106 valence electrons. The predicted molar refractivity (Wildman–Crippen MR) is 67.8 cm³/mol. The van der Waals surface area contributed by atoms with E-state index in [0.29, 0.717) is 11.3 Å². The highest BCUT2D eigenvalue weighted by molar-refractivity contribution is 7.95. The largest absolute Gasteiger partial charge is 0.352 e. The van der Waals surface area contributed by atoms with Crippen molar-refractivity contribution in [1.29, 1.82) is 0 Å². The number of rotatable bonds is 2. The maximum absolute atomic E-state index is 11.9. The molecule has 2 rings (SSSR count). The zero-order chi connectivity index (χ0) is 14.4. The molecule has 2 amide bonds. The molecule has 0 bridgehead atoms. The van der Waals surface area contributed by atoms with Gasteiger partial charge < -0.3 is 11.1 Å². The molecule has 5 N–H and O–H groups in total. The Bertz CT molecular complexity index is 734. The molecule has 1 aromatic rings. The maximum Gasteiger partial charge on any atom is 0.312 e. The van der Waals surface area contributed by atoms with E-state index < -0.39 is 31.9 Å². The van der Waals surface area contributed by atoms with Crippen molar-refractivity contribution in [1.82, 2.24) is 5.32 Å². The number of nitrogens with one attached hydrogen (secondary N) is 1. The van der Waals surface area contributed by atoms with Crippen molar-refractivity contribution >= 4 is 37.2 Å². The van der Waals surface area contributed by atoms with Crippen molar-refractivity contribution in [2.45, 2.75) is 20.9 Å². The normalized spacial score (nSPS) is 21.6. The van der Waals surface area contributed by atoms with Crippen LogP contribution >= 0.6 is 11.3 Å². The van der Waals surface area contributed by atoms with Gasteiger partial charge >= 0.3 is 6.03 Å². The molecular weight excluding hydrogens is 314 g/mol. The standard InChI is InChI=1S/C8H11N3O5S3/c9-8(12)11-5-1-2-18(13,14)7-4(5)3-6(17-7)19(10,15)16/h3,5H,1-2H2,(H3,9,11,12)(H2,10,15,16). The van der Waals surface area contributed by atoms with Crippen LogP contribution in [-0.4, -0.2) is 28.6 Å². The van der Waals surface area contributed by atoms with E-state index in [0.717, 1.165) is 0 Å². The summed E-state index contributed by atoms with van der Waals surface area (Å²) < 4.78 is 46.0. The third kappa shape index (κ3) is 2.73. The molecule has 1 aliphatic rings. The van der Waals surface area contributed by atoms with Crippen molar-refractivity contribution in [3.63, 3.8) is 0 Å². The van der Waals surface area contributed by atoms with Gasteiger partial charge in [-0.2, -0.15) is 0 Å². The fraction of sp³-hybridized carbons (Fsp3) is 0.375. The second-order valence-corrected chi connectivity index (χ2v) is 9.17. The minimum absolute atomic E-state index is 0.0819. The summed E-state index contributed by atoms with van der Waals surface area (Å²) in [5, 5.41) is 7.37. The van der Waals surface area contributed by atoms with Crippen LogP contribution in [0.1, 0.15) is 18.0 Å². The fourth-order valence-electron chi connectivity index (χ4n) is 1.83. The van der Waals surface area contributed by atoms with E-state index >= 15 is 0 Å². The van der Waals surface area contributed by atoms with E-state index in [9.17, 15) is 21.6 Å². The average molecular weight is 325 g/mol. The number of sulfone groups is 1. The molecule has 19 heavy (non-hydrogen) atoms. The van der Waals surface area contributed by atoms with Crippen LogP contribution in [0.15, 0.2) is 14.5 Å². The Hall–Kier alpha value is -1.17. The molecule has 0 spiro atoms. The van der Waals surface area contributed by atoms with E-state index in [-0.39, 0.29) is 26.2 Å². The van der Waals surface area contributed by atoms with Crippen LogP contribution in [0, 0.1) is 0 Å². The first kappa shape index (κ1) is 14.2. The van der Waals surface area contributed by atoms with Crippen molar-refractivity contribution in [2.75, 3.05) is 5.75 Å². The molecule has 1 aliphatic heterocycles. The van der Waals surface area contributed by atoms with Crippen LogP contribution in [0.2, 0.25) is 0 Å². The van der Waals surface area contributed by atoms with Crippen LogP contribution in [0.5, 0.6) is 0 Å². The van der Waals surface area contributed by atoms with Crippen molar-refractivity contribution in [3.8, 4) is 0 Å². The number of urea groups is 1. The first-order chi connectivity index (χ1) is 8.61. The number of amides is 2. The van der Waals surface area contributed by atoms with Gasteiger partial charge in [-0.1, -0.05) is 0 Å². The van der Waals surface area contributed by atoms with Crippen LogP contribution in [0.25, 0.3) is 0 Å². The second-order valence-electron chi connectivity index (χ2n) is 4.02. The van der Waals surface area contributed by atoms with Crippen LogP contribution in [-0.2, 0) is 19.9 Å². The molecule has 11 heteroatoms. The summed E-state index contributed by atoms with van der Waals surface area (Å²) in [6.45, 7) is 0. The Morgan fingerprint density at radius 3 is 2.63 bits per heavy atom.